The van der Waals surface area contributed by atoms with E-state index in [9.17, 15) is 0 Å². The number of aliphatic hydroxyl groups is 1. The zero-order chi connectivity index (χ0) is 8.97. The fourth-order valence-corrected chi connectivity index (χ4v) is 1.36. The third-order valence-electron chi connectivity index (χ3n) is 1.74. The molecule has 0 spiro atoms. The minimum Gasteiger partial charge on any atom is -0.394 e. The molecule has 1 atom stereocenters. The number of thioether (sulfide) groups is 1. The highest BCUT2D eigenvalue weighted by Crippen LogP contribution is 2.17. The van der Waals surface area contributed by atoms with Crippen LogP contribution >= 0.6 is 11.8 Å². The van der Waals surface area contributed by atoms with Crippen molar-refractivity contribution in [2.45, 2.75) is 10.9 Å². The Balaban J connectivity index is 2.77. The van der Waals surface area contributed by atoms with E-state index < -0.39 is 0 Å². The lowest BCUT2D eigenvalue weighted by molar-refractivity contribution is 0.268. The van der Waals surface area contributed by atoms with Gasteiger partial charge in [0.1, 0.15) is 0 Å². The van der Waals surface area contributed by atoms with Gasteiger partial charge in [-0.05, 0) is 24.0 Å². The van der Waals surface area contributed by atoms with Gasteiger partial charge in [-0.1, -0.05) is 12.1 Å². The third kappa shape index (κ3) is 2.24. The Morgan fingerprint density at radius 3 is 2.42 bits per heavy atom. The molecule has 0 aromatic heterocycles. The zero-order valence-corrected chi connectivity index (χ0v) is 7.84. The summed E-state index contributed by atoms with van der Waals surface area (Å²) in [5.74, 6) is 0. The topological polar surface area (TPSA) is 46.2 Å². The van der Waals surface area contributed by atoms with Crippen molar-refractivity contribution in [1.29, 1.82) is 0 Å². The number of rotatable bonds is 3. The van der Waals surface area contributed by atoms with E-state index in [0.29, 0.717) is 0 Å². The molecule has 0 bridgehead atoms. The van der Waals surface area contributed by atoms with E-state index in [-0.39, 0.29) is 12.6 Å². The number of aliphatic hydroxyl groups excluding tert-OH is 1. The molecule has 1 unspecified atom stereocenters. The molecule has 0 heterocycles. The SMILES string of the molecule is CSc1ccc(C(N)CO)cc1. The molecular formula is C9H13NOS. The lowest BCUT2D eigenvalue weighted by Gasteiger charge is -2.08. The first-order chi connectivity index (χ1) is 5.77. The summed E-state index contributed by atoms with van der Waals surface area (Å²) in [6.45, 7) is -0.00137. The molecule has 12 heavy (non-hydrogen) atoms. The van der Waals surface area contributed by atoms with Crippen LogP contribution in [0.4, 0.5) is 0 Å². The summed E-state index contributed by atoms with van der Waals surface area (Å²) in [7, 11) is 0. The van der Waals surface area contributed by atoms with Gasteiger partial charge in [-0.2, -0.15) is 0 Å². The molecule has 0 radical (unpaired) electrons. The van der Waals surface area contributed by atoms with Gasteiger partial charge in [-0.25, -0.2) is 0 Å². The molecule has 1 rings (SSSR count). The highest BCUT2D eigenvalue weighted by Gasteiger charge is 2.02. The highest BCUT2D eigenvalue weighted by atomic mass is 32.2. The van der Waals surface area contributed by atoms with Crippen LogP contribution in [0.5, 0.6) is 0 Å². The van der Waals surface area contributed by atoms with Crippen molar-refractivity contribution in [3.63, 3.8) is 0 Å². The summed E-state index contributed by atoms with van der Waals surface area (Å²) >= 11 is 1.69. The number of hydrogen-bond donors (Lipinski definition) is 2. The first kappa shape index (κ1) is 9.58. The molecule has 0 amide bonds. The van der Waals surface area contributed by atoms with Crippen LogP contribution in [0.2, 0.25) is 0 Å². The minimum absolute atomic E-state index is 0.00137. The molecule has 66 valence electrons. The zero-order valence-electron chi connectivity index (χ0n) is 7.03. The highest BCUT2D eigenvalue weighted by molar-refractivity contribution is 7.98. The largest absolute Gasteiger partial charge is 0.394 e. The quantitative estimate of drug-likeness (QED) is 0.696. The maximum atomic E-state index is 8.78. The molecule has 0 saturated heterocycles. The van der Waals surface area contributed by atoms with Crippen LogP contribution in [0.15, 0.2) is 29.2 Å². The summed E-state index contributed by atoms with van der Waals surface area (Å²) in [6, 6.07) is 7.67. The molecular weight excluding hydrogens is 170 g/mol. The van der Waals surface area contributed by atoms with Crippen molar-refractivity contribution < 1.29 is 5.11 Å². The number of nitrogens with two attached hydrogens (primary N) is 1. The van der Waals surface area contributed by atoms with Gasteiger partial charge in [0.2, 0.25) is 0 Å². The van der Waals surface area contributed by atoms with Gasteiger partial charge in [0.25, 0.3) is 0 Å². The Labute approximate surface area is 76.8 Å². The van der Waals surface area contributed by atoms with E-state index in [0.717, 1.165) is 5.56 Å². The Morgan fingerprint density at radius 2 is 2.00 bits per heavy atom. The van der Waals surface area contributed by atoms with E-state index >= 15 is 0 Å². The van der Waals surface area contributed by atoms with Crippen molar-refractivity contribution in [3.8, 4) is 0 Å². The van der Waals surface area contributed by atoms with E-state index in [2.05, 4.69) is 0 Å². The average molecular weight is 183 g/mol. The van der Waals surface area contributed by atoms with Crippen molar-refractivity contribution in [1.82, 2.24) is 0 Å². The van der Waals surface area contributed by atoms with Crippen LogP contribution < -0.4 is 5.73 Å². The van der Waals surface area contributed by atoms with E-state index in [4.69, 9.17) is 10.8 Å². The van der Waals surface area contributed by atoms with Crippen LogP contribution in [0.1, 0.15) is 11.6 Å². The van der Waals surface area contributed by atoms with Gasteiger partial charge >= 0.3 is 0 Å². The molecule has 1 aromatic rings. The molecule has 0 aliphatic heterocycles. The lowest BCUT2D eigenvalue weighted by Crippen LogP contribution is -2.13. The molecule has 0 aliphatic carbocycles. The van der Waals surface area contributed by atoms with Crippen LogP contribution in [0, 0.1) is 0 Å². The van der Waals surface area contributed by atoms with Crippen LogP contribution in [0.3, 0.4) is 0 Å². The molecule has 2 nitrogen and oxygen atoms in total. The first-order valence-corrected chi connectivity index (χ1v) is 5.00. The maximum absolute atomic E-state index is 8.78. The standard InChI is InChI=1S/C9H13NOS/c1-12-8-4-2-7(3-5-8)9(10)6-11/h2-5,9,11H,6,10H2,1H3. The van der Waals surface area contributed by atoms with Gasteiger partial charge in [-0.15, -0.1) is 11.8 Å². The van der Waals surface area contributed by atoms with Gasteiger partial charge in [-0.3, -0.25) is 0 Å². The molecule has 3 N–H and O–H groups in total. The Kier molecular flexibility index (Phi) is 3.59. The average Bonchev–Trinajstić information content (AvgIpc) is 2.17. The second-order valence-corrected chi connectivity index (χ2v) is 3.44. The maximum Gasteiger partial charge on any atom is 0.0624 e. The third-order valence-corrected chi connectivity index (χ3v) is 2.48. The predicted octanol–water partition coefficient (Wildman–Crippen LogP) is 1.40. The smallest absolute Gasteiger partial charge is 0.0624 e. The second kappa shape index (κ2) is 4.50. The first-order valence-electron chi connectivity index (χ1n) is 3.78. The number of benzene rings is 1. The Hall–Kier alpha value is -0.510. The fourth-order valence-electron chi connectivity index (χ4n) is 0.957. The molecule has 1 aromatic carbocycles. The van der Waals surface area contributed by atoms with Crippen LogP contribution in [0.25, 0.3) is 0 Å². The van der Waals surface area contributed by atoms with Gasteiger partial charge in [0, 0.05) is 4.90 Å². The van der Waals surface area contributed by atoms with Crippen molar-refractivity contribution in [2.75, 3.05) is 12.9 Å². The fraction of sp³-hybridized carbons (Fsp3) is 0.333. The number of hydrogen-bond acceptors (Lipinski definition) is 3. The van der Waals surface area contributed by atoms with Crippen LogP contribution in [-0.2, 0) is 0 Å². The predicted molar refractivity (Wildman–Crippen MR) is 52.2 cm³/mol. The normalized spacial score (nSPS) is 12.9. The monoisotopic (exact) mass is 183 g/mol. The second-order valence-electron chi connectivity index (χ2n) is 2.56. The van der Waals surface area contributed by atoms with Gasteiger partial charge in [0.15, 0.2) is 0 Å². The summed E-state index contributed by atoms with van der Waals surface area (Å²) in [6.07, 6.45) is 2.03. The summed E-state index contributed by atoms with van der Waals surface area (Å²) in [5.41, 5.74) is 6.61. The summed E-state index contributed by atoms with van der Waals surface area (Å²) in [5, 5.41) is 8.78. The summed E-state index contributed by atoms with van der Waals surface area (Å²) < 4.78 is 0. The summed E-state index contributed by atoms with van der Waals surface area (Å²) in [4.78, 5) is 1.21. The van der Waals surface area contributed by atoms with Crippen LogP contribution in [-0.4, -0.2) is 18.0 Å². The van der Waals surface area contributed by atoms with Gasteiger partial charge < -0.3 is 10.8 Å². The van der Waals surface area contributed by atoms with Crippen molar-refractivity contribution in [3.05, 3.63) is 29.8 Å². The van der Waals surface area contributed by atoms with Crippen molar-refractivity contribution >= 4 is 11.8 Å². The molecule has 0 fully saturated rings. The molecule has 0 saturated carbocycles. The molecule has 0 aliphatic rings. The van der Waals surface area contributed by atoms with E-state index in [1.165, 1.54) is 4.90 Å². The van der Waals surface area contributed by atoms with E-state index in [1.807, 2.05) is 30.5 Å². The lowest BCUT2D eigenvalue weighted by atomic mass is 10.1. The molecule has 3 heteroatoms. The van der Waals surface area contributed by atoms with E-state index in [1.54, 1.807) is 11.8 Å². The Morgan fingerprint density at radius 1 is 1.42 bits per heavy atom. The van der Waals surface area contributed by atoms with Gasteiger partial charge in [0.05, 0.1) is 12.6 Å². The minimum atomic E-state index is -0.249. The van der Waals surface area contributed by atoms with Crippen molar-refractivity contribution in [2.24, 2.45) is 5.73 Å². The Bertz CT molecular complexity index is 235.